The molecule has 2 N–H and O–H groups in total. The Morgan fingerprint density at radius 3 is 2.38 bits per heavy atom. The first-order chi connectivity index (χ1) is 9.73. The van der Waals surface area contributed by atoms with Gasteiger partial charge in [-0.1, -0.05) is 6.07 Å². The molecular weight excluding hydrogens is 280 g/mol. The van der Waals surface area contributed by atoms with E-state index >= 15 is 0 Å². The van der Waals surface area contributed by atoms with Crippen molar-refractivity contribution in [3.63, 3.8) is 0 Å². The maximum absolute atomic E-state index is 13.5. The van der Waals surface area contributed by atoms with Gasteiger partial charge in [0.25, 0.3) is 0 Å². The van der Waals surface area contributed by atoms with Gasteiger partial charge in [0.05, 0.1) is 0 Å². The van der Waals surface area contributed by atoms with Crippen molar-refractivity contribution in [3.05, 3.63) is 35.4 Å². The first-order valence-electron chi connectivity index (χ1n) is 6.73. The number of halogens is 2. The molecule has 1 aromatic carbocycles. The molecule has 1 amide bonds. The van der Waals surface area contributed by atoms with Crippen LogP contribution in [0, 0.1) is 17.6 Å². The third-order valence-electron chi connectivity index (χ3n) is 2.75. The van der Waals surface area contributed by atoms with Crippen molar-refractivity contribution >= 4 is 6.09 Å². The van der Waals surface area contributed by atoms with E-state index in [0.29, 0.717) is 0 Å². The summed E-state index contributed by atoms with van der Waals surface area (Å²) in [5.41, 5.74) is -0.723. The Hall–Kier alpha value is -1.69. The number of carbonyl (C=O) groups is 1. The highest BCUT2D eigenvalue weighted by Gasteiger charge is 2.19. The van der Waals surface area contributed by atoms with Crippen LogP contribution in [-0.2, 0) is 11.2 Å². The molecule has 6 heteroatoms. The SMILES string of the molecule is CC(C)(C)OC(=O)NCC(CO)Cc1c(F)cccc1F. The third-order valence-corrected chi connectivity index (χ3v) is 2.75. The van der Waals surface area contributed by atoms with E-state index in [-0.39, 0.29) is 25.1 Å². The lowest BCUT2D eigenvalue weighted by Crippen LogP contribution is -2.36. The number of amides is 1. The second kappa shape index (κ2) is 7.36. The van der Waals surface area contributed by atoms with Gasteiger partial charge < -0.3 is 15.2 Å². The summed E-state index contributed by atoms with van der Waals surface area (Å²) >= 11 is 0. The van der Waals surface area contributed by atoms with E-state index < -0.39 is 29.2 Å². The molecule has 0 aliphatic carbocycles. The molecule has 0 aliphatic rings. The molecule has 0 radical (unpaired) electrons. The van der Waals surface area contributed by atoms with Crippen LogP contribution >= 0.6 is 0 Å². The maximum Gasteiger partial charge on any atom is 0.407 e. The fourth-order valence-corrected chi connectivity index (χ4v) is 1.76. The van der Waals surface area contributed by atoms with Crippen molar-refractivity contribution < 1.29 is 23.4 Å². The predicted octanol–water partition coefficient (Wildman–Crippen LogP) is 2.64. The lowest BCUT2D eigenvalue weighted by atomic mass is 9.99. The second-order valence-electron chi connectivity index (χ2n) is 5.84. The fourth-order valence-electron chi connectivity index (χ4n) is 1.76. The Labute approximate surface area is 123 Å². The number of nitrogens with one attached hydrogen (secondary N) is 1. The number of benzene rings is 1. The highest BCUT2D eigenvalue weighted by atomic mass is 19.1. The van der Waals surface area contributed by atoms with Crippen LogP contribution in [-0.4, -0.2) is 30.0 Å². The van der Waals surface area contributed by atoms with Crippen LogP contribution in [0.1, 0.15) is 26.3 Å². The molecule has 0 saturated heterocycles. The molecule has 1 aromatic rings. The van der Waals surface area contributed by atoms with Gasteiger partial charge in [0.15, 0.2) is 0 Å². The van der Waals surface area contributed by atoms with Crippen LogP contribution in [0.15, 0.2) is 18.2 Å². The van der Waals surface area contributed by atoms with E-state index in [4.69, 9.17) is 4.74 Å². The molecule has 0 saturated carbocycles. The van der Waals surface area contributed by atoms with Crippen molar-refractivity contribution in [2.45, 2.75) is 32.8 Å². The first kappa shape index (κ1) is 17.4. The van der Waals surface area contributed by atoms with Gasteiger partial charge in [-0.25, -0.2) is 13.6 Å². The summed E-state index contributed by atoms with van der Waals surface area (Å²) < 4.78 is 32.1. The molecule has 0 fully saturated rings. The molecule has 118 valence electrons. The van der Waals surface area contributed by atoms with Gasteiger partial charge >= 0.3 is 6.09 Å². The van der Waals surface area contributed by atoms with Crippen LogP contribution in [0.5, 0.6) is 0 Å². The minimum absolute atomic E-state index is 0.00912. The largest absolute Gasteiger partial charge is 0.444 e. The van der Waals surface area contributed by atoms with Gasteiger partial charge in [-0.05, 0) is 39.3 Å². The van der Waals surface area contributed by atoms with Crippen molar-refractivity contribution in [1.82, 2.24) is 5.32 Å². The van der Waals surface area contributed by atoms with Gasteiger partial charge in [-0.2, -0.15) is 0 Å². The molecule has 0 bridgehead atoms. The quantitative estimate of drug-likeness (QED) is 0.879. The lowest BCUT2D eigenvalue weighted by Gasteiger charge is -2.21. The zero-order chi connectivity index (χ0) is 16.0. The average molecular weight is 301 g/mol. The lowest BCUT2D eigenvalue weighted by molar-refractivity contribution is 0.0512. The molecule has 4 nitrogen and oxygen atoms in total. The maximum atomic E-state index is 13.5. The fraction of sp³-hybridized carbons (Fsp3) is 0.533. The average Bonchev–Trinajstić information content (AvgIpc) is 2.35. The van der Waals surface area contributed by atoms with Gasteiger partial charge in [0.1, 0.15) is 17.2 Å². The van der Waals surface area contributed by atoms with Crippen molar-refractivity contribution in [3.8, 4) is 0 Å². The number of hydrogen-bond donors (Lipinski definition) is 2. The van der Waals surface area contributed by atoms with Gasteiger partial charge in [0, 0.05) is 24.6 Å². The van der Waals surface area contributed by atoms with Crippen molar-refractivity contribution in [2.75, 3.05) is 13.2 Å². The van der Waals surface area contributed by atoms with Crippen LogP contribution in [0.4, 0.5) is 13.6 Å². The Kier molecular flexibility index (Phi) is 6.08. The standard InChI is InChI=1S/C15H21F2NO3/c1-15(2,3)21-14(20)18-8-10(9-19)7-11-12(16)5-4-6-13(11)17/h4-6,10,19H,7-9H2,1-3H3,(H,18,20). The van der Waals surface area contributed by atoms with E-state index in [1.165, 1.54) is 6.07 Å². The highest BCUT2D eigenvalue weighted by Crippen LogP contribution is 2.16. The molecule has 1 atom stereocenters. The molecular formula is C15H21F2NO3. The van der Waals surface area contributed by atoms with E-state index in [0.717, 1.165) is 12.1 Å². The summed E-state index contributed by atoms with van der Waals surface area (Å²) in [5, 5.41) is 11.8. The second-order valence-corrected chi connectivity index (χ2v) is 5.84. The minimum atomic E-state index is -0.661. The van der Waals surface area contributed by atoms with E-state index in [9.17, 15) is 18.7 Å². The van der Waals surface area contributed by atoms with E-state index in [1.807, 2.05) is 0 Å². The predicted molar refractivity (Wildman–Crippen MR) is 74.9 cm³/mol. The van der Waals surface area contributed by atoms with Crippen LogP contribution in [0.3, 0.4) is 0 Å². The minimum Gasteiger partial charge on any atom is -0.444 e. The number of hydrogen-bond acceptors (Lipinski definition) is 3. The Bertz CT molecular complexity index is 466. The molecule has 0 spiro atoms. The van der Waals surface area contributed by atoms with Crippen LogP contribution < -0.4 is 5.32 Å². The number of rotatable bonds is 5. The monoisotopic (exact) mass is 301 g/mol. The number of ether oxygens (including phenoxy) is 1. The molecule has 1 unspecified atom stereocenters. The molecule has 0 aliphatic heterocycles. The number of aliphatic hydroxyl groups is 1. The summed E-state index contributed by atoms with van der Waals surface area (Å²) in [4.78, 5) is 11.5. The van der Waals surface area contributed by atoms with E-state index in [1.54, 1.807) is 20.8 Å². The zero-order valence-corrected chi connectivity index (χ0v) is 12.5. The highest BCUT2D eigenvalue weighted by molar-refractivity contribution is 5.67. The summed E-state index contributed by atoms with van der Waals surface area (Å²) in [6, 6.07) is 3.60. The van der Waals surface area contributed by atoms with Crippen molar-refractivity contribution in [2.24, 2.45) is 5.92 Å². The molecule has 1 rings (SSSR count). The molecule has 21 heavy (non-hydrogen) atoms. The zero-order valence-electron chi connectivity index (χ0n) is 12.5. The Balaban J connectivity index is 2.58. The molecule has 0 heterocycles. The number of aliphatic hydroxyl groups excluding tert-OH is 1. The topological polar surface area (TPSA) is 58.6 Å². The summed E-state index contributed by atoms with van der Waals surface area (Å²) in [5.74, 6) is -1.82. The number of alkyl carbamates (subject to hydrolysis) is 1. The van der Waals surface area contributed by atoms with Crippen LogP contribution in [0.25, 0.3) is 0 Å². The van der Waals surface area contributed by atoms with E-state index in [2.05, 4.69) is 5.32 Å². The Morgan fingerprint density at radius 2 is 1.90 bits per heavy atom. The van der Waals surface area contributed by atoms with Gasteiger partial charge in [-0.3, -0.25) is 0 Å². The van der Waals surface area contributed by atoms with Gasteiger partial charge in [-0.15, -0.1) is 0 Å². The van der Waals surface area contributed by atoms with Gasteiger partial charge in [0.2, 0.25) is 0 Å². The van der Waals surface area contributed by atoms with Crippen molar-refractivity contribution in [1.29, 1.82) is 0 Å². The summed E-state index contributed by atoms with van der Waals surface area (Å²) in [6.07, 6.45) is -0.639. The normalized spacial score (nSPS) is 12.9. The number of carbonyl (C=O) groups excluding carboxylic acids is 1. The third kappa shape index (κ3) is 6.08. The molecule has 0 aromatic heterocycles. The smallest absolute Gasteiger partial charge is 0.407 e. The van der Waals surface area contributed by atoms with Crippen LogP contribution in [0.2, 0.25) is 0 Å². The summed E-state index contributed by atoms with van der Waals surface area (Å²) in [7, 11) is 0. The summed E-state index contributed by atoms with van der Waals surface area (Å²) in [6.45, 7) is 4.95. The Morgan fingerprint density at radius 1 is 1.33 bits per heavy atom. The first-order valence-corrected chi connectivity index (χ1v) is 6.73.